The molecule has 0 saturated heterocycles. The van der Waals surface area contributed by atoms with Gasteiger partial charge in [0.15, 0.2) is 0 Å². The van der Waals surface area contributed by atoms with Crippen molar-refractivity contribution in [3.63, 3.8) is 0 Å². The Bertz CT molecular complexity index is 1250. The van der Waals surface area contributed by atoms with Gasteiger partial charge >= 0.3 is 5.97 Å². The van der Waals surface area contributed by atoms with Crippen LogP contribution >= 0.6 is 0 Å². The number of anilines is 1. The number of hydroxylamine groups is 1. The van der Waals surface area contributed by atoms with Gasteiger partial charge in [0.1, 0.15) is 0 Å². The molecule has 1 unspecified atom stereocenters. The van der Waals surface area contributed by atoms with Gasteiger partial charge in [0.05, 0.1) is 36.3 Å². The number of sulfonamides is 1. The lowest BCUT2D eigenvalue weighted by Gasteiger charge is -2.40. The predicted molar refractivity (Wildman–Crippen MR) is 134 cm³/mol. The summed E-state index contributed by atoms with van der Waals surface area (Å²) in [7, 11) is -3.85. The first-order valence-corrected chi connectivity index (χ1v) is 13.1. The molecule has 0 amide bonds. The number of para-hydroxylation sites is 1. The fourth-order valence-corrected chi connectivity index (χ4v) is 5.83. The van der Waals surface area contributed by atoms with E-state index in [1.807, 2.05) is 55.5 Å². The highest BCUT2D eigenvalue weighted by Gasteiger charge is 2.40. The minimum absolute atomic E-state index is 0.0501. The molecule has 3 aromatic carbocycles. The summed E-state index contributed by atoms with van der Waals surface area (Å²) >= 11 is 0. The zero-order valence-electron chi connectivity index (χ0n) is 19.9. The Labute approximate surface area is 206 Å². The molecule has 0 aromatic heterocycles. The number of benzene rings is 3. The summed E-state index contributed by atoms with van der Waals surface area (Å²) in [6, 6.07) is 23.4. The number of carbonyl (C=O) groups excluding carboxylic acids is 1. The molecule has 0 spiro atoms. The molecular weight excluding hydrogens is 464 g/mol. The number of ether oxygens (including phenoxy) is 1. The lowest BCUT2D eigenvalue weighted by atomic mass is 9.86. The molecular formula is C27H30N2O5S. The fraction of sp³-hybridized carbons (Fsp3) is 0.296. The second-order valence-corrected chi connectivity index (χ2v) is 10.4. The van der Waals surface area contributed by atoms with Gasteiger partial charge in [-0.1, -0.05) is 66.2 Å². The summed E-state index contributed by atoms with van der Waals surface area (Å²) in [6.45, 7) is 4.36. The highest BCUT2D eigenvalue weighted by Crippen LogP contribution is 2.41. The van der Waals surface area contributed by atoms with Gasteiger partial charge in [-0.25, -0.2) is 8.42 Å². The molecule has 2 atom stereocenters. The van der Waals surface area contributed by atoms with Gasteiger partial charge in [0, 0.05) is 12.5 Å². The molecule has 1 aliphatic heterocycles. The number of nitrogens with one attached hydrogen (secondary N) is 1. The lowest BCUT2D eigenvalue weighted by molar-refractivity contribution is -0.145. The average Bonchev–Trinajstić information content (AvgIpc) is 2.86. The smallest absolute Gasteiger partial charge is 0.306 e. The molecule has 0 aliphatic carbocycles. The maximum Gasteiger partial charge on any atom is 0.306 e. The third-order valence-corrected chi connectivity index (χ3v) is 7.84. The van der Waals surface area contributed by atoms with Gasteiger partial charge in [0.2, 0.25) is 0 Å². The van der Waals surface area contributed by atoms with Crippen molar-refractivity contribution >= 4 is 21.7 Å². The van der Waals surface area contributed by atoms with E-state index in [0.29, 0.717) is 12.3 Å². The number of esters is 1. The van der Waals surface area contributed by atoms with E-state index in [-0.39, 0.29) is 30.4 Å². The van der Waals surface area contributed by atoms with E-state index in [0.717, 1.165) is 16.7 Å². The molecule has 0 radical (unpaired) electrons. The zero-order valence-corrected chi connectivity index (χ0v) is 20.7. The first kappa shape index (κ1) is 24.9. The summed E-state index contributed by atoms with van der Waals surface area (Å²) in [5.41, 5.74) is 6.39. The average molecular weight is 495 g/mol. The van der Waals surface area contributed by atoms with Crippen LogP contribution < -0.4 is 9.79 Å². The van der Waals surface area contributed by atoms with Crippen LogP contribution in [0.25, 0.3) is 0 Å². The second kappa shape index (κ2) is 11.0. The van der Waals surface area contributed by atoms with E-state index in [9.17, 15) is 13.2 Å². The van der Waals surface area contributed by atoms with Crippen LogP contribution in [-0.2, 0) is 31.0 Å². The Morgan fingerprint density at radius 2 is 1.69 bits per heavy atom. The van der Waals surface area contributed by atoms with Crippen molar-refractivity contribution in [2.75, 3.05) is 17.5 Å². The number of fused-ring (bicyclic) bond motifs is 1. The Morgan fingerprint density at radius 3 is 2.40 bits per heavy atom. The molecule has 1 heterocycles. The van der Waals surface area contributed by atoms with Gasteiger partial charge in [-0.15, -0.1) is 0 Å². The minimum Gasteiger partial charge on any atom is -0.466 e. The van der Waals surface area contributed by atoms with E-state index in [1.165, 1.54) is 4.31 Å². The monoisotopic (exact) mass is 494 g/mol. The first-order chi connectivity index (χ1) is 16.9. The highest BCUT2D eigenvalue weighted by atomic mass is 32.2. The number of carbonyl (C=O) groups is 1. The normalized spacial score (nSPS) is 17.6. The molecule has 1 N–H and O–H groups in total. The van der Waals surface area contributed by atoms with Crippen molar-refractivity contribution in [1.29, 1.82) is 0 Å². The maximum absolute atomic E-state index is 13.7. The highest BCUT2D eigenvalue weighted by molar-refractivity contribution is 7.92. The molecule has 8 heteroatoms. The molecule has 3 aromatic rings. The van der Waals surface area contributed by atoms with Gasteiger partial charge in [-0.3, -0.25) is 13.9 Å². The van der Waals surface area contributed by atoms with Crippen LogP contribution in [-0.4, -0.2) is 27.5 Å². The number of rotatable bonds is 9. The zero-order chi connectivity index (χ0) is 24.8. The predicted octanol–water partition coefficient (Wildman–Crippen LogP) is 4.54. The topological polar surface area (TPSA) is 84.9 Å². The largest absolute Gasteiger partial charge is 0.466 e. The molecule has 0 bridgehead atoms. The van der Waals surface area contributed by atoms with Crippen molar-refractivity contribution in [2.45, 2.75) is 37.8 Å². The molecule has 7 nitrogen and oxygen atoms in total. The molecule has 0 fully saturated rings. The number of aryl methyl sites for hydroxylation is 1. The third-order valence-electron chi connectivity index (χ3n) is 6.05. The summed E-state index contributed by atoms with van der Waals surface area (Å²) in [5.74, 6) is -0.778. The van der Waals surface area contributed by atoms with Crippen molar-refractivity contribution in [3.05, 3.63) is 95.6 Å². The van der Waals surface area contributed by atoms with Crippen LogP contribution in [0.2, 0.25) is 0 Å². The molecule has 1 aliphatic rings. The van der Waals surface area contributed by atoms with Crippen LogP contribution in [0.4, 0.5) is 5.69 Å². The SMILES string of the molecule is CCOC(=O)C[C@@H]1CN(S(=O)(=O)c2ccc(C)cc2)c2ccccc2C1NOCc1ccccc1. The van der Waals surface area contributed by atoms with E-state index in [4.69, 9.17) is 9.57 Å². The quantitative estimate of drug-likeness (QED) is 0.347. The Balaban J connectivity index is 1.67. The molecule has 184 valence electrons. The Kier molecular flexibility index (Phi) is 7.85. The van der Waals surface area contributed by atoms with Crippen LogP contribution in [0.3, 0.4) is 0 Å². The van der Waals surface area contributed by atoms with E-state index in [1.54, 1.807) is 37.3 Å². The summed E-state index contributed by atoms with van der Waals surface area (Å²) < 4.78 is 34.0. The molecule has 4 rings (SSSR count). The maximum atomic E-state index is 13.7. The van der Waals surface area contributed by atoms with Gasteiger partial charge in [-0.05, 0) is 43.2 Å². The summed E-state index contributed by atoms with van der Waals surface area (Å²) in [5, 5.41) is 0. The van der Waals surface area contributed by atoms with E-state index in [2.05, 4.69) is 5.48 Å². The van der Waals surface area contributed by atoms with Crippen molar-refractivity contribution in [3.8, 4) is 0 Å². The summed E-state index contributed by atoms with van der Waals surface area (Å²) in [4.78, 5) is 18.5. The van der Waals surface area contributed by atoms with Crippen molar-refractivity contribution in [1.82, 2.24) is 5.48 Å². The number of nitrogens with zero attached hydrogens (tertiary/aromatic N) is 1. The van der Waals surface area contributed by atoms with Crippen LogP contribution in [0.1, 0.15) is 36.1 Å². The number of hydrogen-bond donors (Lipinski definition) is 1. The molecule has 35 heavy (non-hydrogen) atoms. The Hall–Kier alpha value is -3.20. The first-order valence-electron chi connectivity index (χ1n) is 11.7. The summed E-state index contributed by atoms with van der Waals surface area (Å²) in [6.07, 6.45) is 0.0501. The lowest BCUT2D eigenvalue weighted by Crippen LogP contribution is -2.46. The third kappa shape index (κ3) is 5.73. The second-order valence-electron chi connectivity index (χ2n) is 8.55. The van der Waals surface area contributed by atoms with Crippen LogP contribution in [0.5, 0.6) is 0 Å². The van der Waals surface area contributed by atoms with Gasteiger partial charge < -0.3 is 4.74 Å². The van der Waals surface area contributed by atoms with E-state index < -0.39 is 22.0 Å². The van der Waals surface area contributed by atoms with Crippen molar-refractivity contribution < 1.29 is 22.8 Å². The fourth-order valence-electron chi connectivity index (χ4n) is 4.28. The minimum atomic E-state index is -3.85. The van der Waals surface area contributed by atoms with Crippen molar-refractivity contribution in [2.24, 2.45) is 5.92 Å². The van der Waals surface area contributed by atoms with Crippen LogP contribution in [0.15, 0.2) is 83.8 Å². The van der Waals surface area contributed by atoms with Gasteiger partial charge in [-0.2, -0.15) is 5.48 Å². The van der Waals surface area contributed by atoms with Gasteiger partial charge in [0.25, 0.3) is 10.0 Å². The molecule has 0 saturated carbocycles. The number of hydrogen-bond acceptors (Lipinski definition) is 6. The standard InChI is InChI=1S/C27H30N2O5S/c1-3-33-26(30)17-22-18-29(35(31,32)23-15-13-20(2)14-16-23)25-12-8-7-11-24(25)27(22)28-34-19-21-9-5-4-6-10-21/h4-16,22,27-28H,3,17-19H2,1-2H3/t22-,27?/m1/s1. The van der Waals surface area contributed by atoms with E-state index >= 15 is 0 Å². The van der Waals surface area contributed by atoms with Crippen LogP contribution in [0, 0.1) is 12.8 Å². The Morgan fingerprint density at radius 1 is 1.00 bits per heavy atom.